The number of ketones is 1. The van der Waals surface area contributed by atoms with Gasteiger partial charge in [-0.05, 0) is 51.2 Å². The van der Waals surface area contributed by atoms with Gasteiger partial charge in [-0.25, -0.2) is 4.79 Å². The number of rotatable bonds is 5. The Hall–Kier alpha value is -1.04. The number of Topliss-reactive ketones (excluding diaryl/α,β-unsaturated/α-hetero) is 1. The Balaban J connectivity index is 1.38. The van der Waals surface area contributed by atoms with Gasteiger partial charge in [-0.3, -0.25) is 25.2 Å². The lowest BCUT2D eigenvalue weighted by Gasteiger charge is -2.49. The van der Waals surface area contributed by atoms with E-state index in [9.17, 15) is 9.59 Å². The molecule has 5 rings (SSSR count). The van der Waals surface area contributed by atoms with Crippen LogP contribution in [0.25, 0.3) is 0 Å². The number of fused-ring (bicyclic) bond motifs is 2. The second-order valence-corrected chi connectivity index (χ2v) is 17.5. The third kappa shape index (κ3) is 4.94. The monoisotopic (exact) mass is 493 g/mol. The minimum Gasteiger partial charge on any atom is -0.376 e. The van der Waals surface area contributed by atoms with E-state index in [1.165, 1.54) is 0 Å². The van der Waals surface area contributed by atoms with Crippen LogP contribution in [-0.4, -0.2) is 99.3 Å². The lowest BCUT2D eigenvalue weighted by Crippen LogP contribution is -2.69. The molecule has 9 nitrogen and oxygen atoms in total. The number of carbonyl (C=O) groups excluding carboxylic acids is 2. The topological polar surface area (TPSA) is 95.2 Å². The van der Waals surface area contributed by atoms with E-state index in [0.717, 1.165) is 51.2 Å². The van der Waals surface area contributed by atoms with Gasteiger partial charge in [0.25, 0.3) is 0 Å². The van der Waals surface area contributed by atoms with E-state index in [1.54, 1.807) is 0 Å². The van der Waals surface area contributed by atoms with Crippen molar-refractivity contribution >= 4 is 19.9 Å². The molecule has 0 aliphatic carbocycles. The molecule has 5 fully saturated rings. The molecule has 0 radical (unpaired) electrons. The number of carbonyl (C=O) groups is 2. The Labute approximate surface area is 204 Å². The zero-order valence-corrected chi connectivity index (χ0v) is 22.1. The summed E-state index contributed by atoms with van der Waals surface area (Å²) in [6.45, 7) is 10.3. The summed E-state index contributed by atoms with van der Waals surface area (Å²) in [5.74, 6) is 0.363. The number of urea groups is 1. The van der Waals surface area contributed by atoms with E-state index in [1.807, 2.05) is 9.80 Å². The summed E-state index contributed by atoms with van der Waals surface area (Å²) >= 11 is 0. The molecule has 5 saturated heterocycles. The number of piperidine rings is 3. The van der Waals surface area contributed by atoms with Crippen LogP contribution in [-0.2, 0) is 14.3 Å². The molecule has 0 saturated carbocycles. The van der Waals surface area contributed by atoms with E-state index in [2.05, 4.69) is 35.6 Å². The highest BCUT2D eigenvalue weighted by Gasteiger charge is 2.55. The van der Waals surface area contributed by atoms with E-state index in [0.29, 0.717) is 38.2 Å². The molecule has 3 N–H and O–H groups in total. The van der Waals surface area contributed by atoms with Crippen molar-refractivity contribution in [2.45, 2.75) is 101 Å². The highest BCUT2D eigenvalue weighted by molar-refractivity contribution is 6.76. The van der Waals surface area contributed by atoms with Crippen LogP contribution in [0.15, 0.2) is 0 Å². The van der Waals surface area contributed by atoms with E-state index >= 15 is 0 Å². The molecule has 2 bridgehead atoms. The van der Waals surface area contributed by atoms with Crippen LogP contribution in [0.4, 0.5) is 4.79 Å². The summed E-state index contributed by atoms with van der Waals surface area (Å²) in [5.41, 5.74) is 0. The Morgan fingerprint density at radius 3 is 2.74 bits per heavy atom. The standard InChI is InChI=1S/C24H43N5O4Si/c1-34(2,3)14-13-32-15-28-23-22-19(9-11-26-23)33-12-4-5-18(30)16-8-10-25-17-6-7-20(27-21(16)17)29(22)24(28)31/h16-17,19-23,25-27H,4-15H2,1-3H3. The van der Waals surface area contributed by atoms with Crippen molar-refractivity contribution in [3.8, 4) is 0 Å². The molecule has 7 atom stereocenters. The van der Waals surface area contributed by atoms with Gasteiger partial charge in [0.15, 0.2) is 0 Å². The minimum atomic E-state index is -1.19. The highest BCUT2D eigenvalue weighted by Crippen LogP contribution is 2.36. The number of amides is 2. The van der Waals surface area contributed by atoms with Gasteiger partial charge in [-0.2, -0.15) is 0 Å². The summed E-state index contributed by atoms with van der Waals surface area (Å²) in [6.07, 6.45) is 4.68. The van der Waals surface area contributed by atoms with Crippen molar-refractivity contribution in [2.75, 3.05) is 33.0 Å². The number of hydrogen-bond donors (Lipinski definition) is 3. The average Bonchev–Trinajstić information content (AvgIpc) is 3.09. The maximum absolute atomic E-state index is 13.9. The molecule has 2 amide bonds. The zero-order valence-electron chi connectivity index (χ0n) is 21.1. The Kier molecular flexibility index (Phi) is 7.35. The molecule has 192 valence electrons. The number of nitrogens with one attached hydrogen (secondary N) is 3. The largest absolute Gasteiger partial charge is 0.376 e. The number of hydrogen-bond acceptors (Lipinski definition) is 7. The molecule has 0 aromatic rings. The first-order chi connectivity index (χ1) is 16.3. The normalized spacial score (nSPS) is 38.9. The summed E-state index contributed by atoms with van der Waals surface area (Å²) < 4.78 is 12.4. The fraction of sp³-hybridized carbons (Fsp3) is 0.917. The van der Waals surface area contributed by atoms with Crippen LogP contribution in [0.1, 0.15) is 38.5 Å². The average molecular weight is 494 g/mol. The van der Waals surface area contributed by atoms with Crippen molar-refractivity contribution in [3.05, 3.63) is 0 Å². The third-order valence-electron chi connectivity index (χ3n) is 8.35. The highest BCUT2D eigenvalue weighted by atomic mass is 28.3. The lowest BCUT2D eigenvalue weighted by atomic mass is 9.78. The van der Waals surface area contributed by atoms with Crippen LogP contribution in [0.3, 0.4) is 0 Å². The molecule has 5 heterocycles. The molecular formula is C24H43N5O4Si. The first-order valence-corrected chi connectivity index (χ1v) is 17.1. The molecule has 7 unspecified atom stereocenters. The fourth-order valence-electron chi connectivity index (χ4n) is 6.50. The van der Waals surface area contributed by atoms with Gasteiger partial charge in [-0.15, -0.1) is 0 Å². The number of ether oxygens (including phenoxy) is 2. The van der Waals surface area contributed by atoms with Crippen molar-refractivity contribution in [2.24, 2.45) is 5.92 Å². The van der Waals surface area contributed by atoms with Gasteiger partial charge < -0.3 is 14.8 Å². The fourth-order valence-corrected chi connectivity index (χ4v) is 7.26. The molecule has 5 aliphatic heterocycles. The van der Waals surface area contributed by atoms with Gasteiger partial charge in [0, 0.05) is 45.7 Å². The summed E-state index contributed by atoms with van der Waals surface area (Å²) in [6, 6.07) is 1.44. The van der Waals surface area contributed by atoms with Crippen molar-refractivity contribution in [1.29, 1.82) is 0 Å². The molecule has 0 aromatic carbocycles. The van der Waals surface area contributed by atoms with Crippen LogP contribution < -0.4 is 16.0 Å². The Bertz CT molecular complexity index is 764. The Morgan fingerprint density at radius 2 is 1.91 bits per heavy atom. The molecule has 10 heteroatoms. The Morgan fingerprint density at radius 1 is 1.09 bits per heavy atom. The van der Waals surface area contributed by atoms with Gasteiger partial charge in [0.1, 0.15) is 18.7 Å². The summed E-state index contributed by atoms with van der Waals surface area (Å²) in [5, 5.41) is 11.0. The number of nitrogens with zero attached hydrogens (tertiary/aromatic N) is 2. The third-order valence-corrected chi connectivity index (χ3v) is 10.1. The summed E-state index contributed by atoms with van der Waals surface area (Å²) in [7, 11) is -1.19. The van der Waals surface area contributed by atoms with Crippen LogP contribution in [0.5, 0.6) is 0 Å². The minimum absolute atomic E-state index is 0.0169. The predicted molar refractivity (Wildman–Crippen MR) is 132 cm³/mol. The summed E-state index contributed by atoms with van der Waals surface area (Å²) in [4.78, 5) is 30.9. The smallest absolute Gasteiger partial charge is 0.324 e. The van der Waals surface area contributed by atoms with Crippen LogP contribution in [0.2, 0.25) is 25.7 Å². The van der Waals surface area contributed by atoms with Gasteiger partial charge >= 0.3 is 6.03 Å². The maximum Gasteiger partial charge on any atom is 0.324 e. The van der Waals surface area contributed by atoms with E-state index in [-0.39, 0.29) is 42.5 Å². The SMILES string of the molecule is C[Si](C)(C)CCOCN1C(=O)N2C3CCC4NCCC(C(=O)CCCOC5CCNC1C52)C4N3. The zero-order chi connectivity index (χ0) is 23.9. The first-order valence-electron chi connectivity index (χ1n) is 13.4. The van der Waals surface area contributed by atoms with E-state index < -0.39 is 8.07 Å². The molecule has 5 aliphatic rings. The molecule has 0 aromatic heterocycles. The quantitative estimate of drug-likeness (QED) is 0.395. The van der Waals surface area contributed by atoms with Crippen molar-refractivity contribution < 1.29 is 19.1 Å². The van der Waals surface area contributed by atoms with Gasteiger partial charge in [0.05, 0.1) is 18.3 Å². The molecular weight excluding hydrogens is 450 g/mol. The lowest BCUT2D eigenvalue weighted by molar-refractivity contribution is -0.127. The van der Waals surface area contributed by atoms with Crippen LogP contribution >= 0.6 is 0 Å². The second kappa shape index (κ2) is 10.1. The van der Waals surface area contributed by atoms with Crippen LogP contribution in [0, 0.1) is 5.92 Å². The van der Waals surface area contributed by atoms with Gasteiger partial charge in [-0.1, -0.05) is 19.6 Å². The van der Waals surface area contributed by atoms with Crippen molar-refractivity contribution in [3.63, 3.8) is 0 Å². The predicted octanol–water partition coefficient (Wildman–Crippen LogP) is 1.53. The molecule has 34 heavy (non-hydrogen) atoms. The van der Waals surface area contributed by atoms with E-state index in [4.69, 9.17) is 9.47 Å². The van der Waals surface area contributed by atoms with Crippen molar-refractivity contribution in [1.82, 2.24) is 25.8 Å². The maximum atomic E-state index is 13.9. The molecule has 0 spiro atoms. The first kappa shape index (κ1) is 24.6. The second-order valence-electron chi connectivity index (χ2n) is 11.9. The van der Waals surface area contributed by atoms with Gasteiger partial charge in [0.2, 0.25) is 0 Å².